The fourth-order valence-electron chi connectivity index (χ4n) is 8.55. The first-order valence-electron chi connectivity index (χ1n) is 19.4. The number of fused-ring (bicyclic) bond motifs is 4. The van der Waals surface area contributed by atoms with Crippen LogP contribution in [0.25, 0.3) is 11.0 Å². The molecule has 3 aliphatic heterocycles. The van der Waals surface area contributed by atoms with E-state index in [9.17, 15) is 23.5 Å². The quantitative estimate of drug-likeness (QED) is 0.180. The number of aliphatic hydroxyl groups is 1. The second-order valence-corrected chi connectivity index (χ2v) is 16.7. The summed E-state index contributed by atoms with van der Waals surface area (Å²) in [6.45, 7) is 8.42. The molecule has 2 amide bonds. The molecule has 5 heterocycles. The normalized spacial score (nSPS) is 22.6. The monoisotopic (exact) mass is 773 g/mol. The molecule has 0 radical (unpaired) electrons. The van der Waals surface area contributed by atoms with E-state index < -0.39 is 54.1 Å². The van der Waals surface area contributed by atoms with Gasteiger partial charge < -0.3 is 29.2 Å². The third-order valence-electron chi connectivity index (χ3n) is 11.7. The molecule has 0 bridgehead atoms. The summed E-state index contributed by atoms with van der Waals surface area (Å²) in [5.41, 5.74) is -0.779. The lowest BCUT2D eigenvalue weighted by Crippen LogP contribution is -2.65. The standard InChI is InChI=1S/C43H53F2N5O6/c1-41(2,37-21-30-22-46-16-15-34(30)55-37)49-18-17-48(33(24-49)39(52)47-43(5,26-44)27-45)23-31(51)20-29(19-28-11-7-6-8-12-28)40(53)50-38-32-13-9-10-14-35(32)54-25-36(38)56-42(50,3)4/h6-16,21-22,29,31,33,36,38,51H,17-20,23-27H2,1-5H3,(H,47,52)/t29-,31+,33+,36-,38+/m1/s1. The number of ether oxygens (including phenoxy) is 2. The molecule has 5 atom stereocenters. The molecule has 2 saturated heterocycles. The Kier molecular flexibility index (Phi) is 11.3. The van der Waals surface area contributed by atoms with Gasteiger partial charge in [-0.15, -0.1) is 0 Å². The van der Waals surface area contributed by atoms with Crippen LogP contribution in [-0.4, -0.2) is 112 Å². The average molecular weight is 774 g/mol. The molecule has 2 aromatic heterocycles. The number of benzene rings is 2. The minimum absolute atomic E-state index is 0.0613. The summed E-state index contributed by atoms with van der Waals surface area (Å²) < 4.78 is 46.8. The lowest BCUT2D eigenvalue weighted by Gasteiger charge is -2.47. The average Bonchev–Trinajstić information content (AvgIpc) is 3.76. The van der Waals surface area contributed by atoms with Crippen LogP contribution < -0.4 is 10.1 Å². The maximum absolute atomic E-state index is 14.9. The SMILES string of the molecule is CC(CF)(CF)NC(=O)[C@@H]1CN(C(C)(C)c2cc3cnccc3o2)CCN1C[C@@H](O)C[C@@H](Cc1ccccc1)C(=O)N1[C@H]2c3ccccc3OC[C@H]2OC1(C)C. The van der Waals surface area contributed by atoms with Crippen LogP contribution in [0, 0.1) is 5.92 Å². The number of aliphatic hydroxyl groups excluding tert-OH is 1. The van der Waals surface area contributed by atoms with E-state index in [-0.39, 0.29) is 37.6 Å². The van der Waals surface area contributed by atoms with Crippen LogP contribution in [-0.2, 0) is 26.3 Å². The minimum atomic E-state index is -1.69. The summed E-state index contributed by atoms with van der Waals surface area (Å²) in [5, 5.41) is 15.4. The first-order valence-corrected chi connectivity index (χ1v) is 19.4. The second-order valence-electron chi connectivity index (χ2n) is 16.7. The smallest absolute Gasteiger partial charge is 0.239 e. The predicted octanol–water partition coefficient (Wildman–Crippen LogP) is 5.57. The number of hydrogen-bond acceptors (Lipinski definition) is 9. The number of aromatic nitrogens is 1. The molecular weight excluding hydrogens is 720 g/mol. The van der Waals surface area contributed by atoms with E-state index in [4.69, 9.17) is 13.9 Å². The molecule has 0 aliphatic carbocycles. The van der Waals surface area contributed by atoms with E-state index in [1.165, 1.54) is 6.92 Å². The van der Waals surface area contributed by atoms with Crippen molar-refractivity contribution in [2.24, 2.45) is 5.92 Å². The summed E-state index contributed by atoms with van der Waals surface area (Å²) in [6.07, 6.45) is 2.50. The van der Waals surface area contributed by atoms with Crippen LogP contribution in [0.4, 0.5) is 8.78 Å². The third kappa shape index (κ3) is 7.91. The Hall–Kier alpha value is -4.43. The van der Waals surface area contributed by atoms with Crippen LogP contribution in [0.1, 0.15) is 64.0 Å². The molecule has 13 heteroatoms. The van der Waals surface area contributed by atoms with Crippen LogP contribution in [0.15, 0.2) is 83.5 Å². The predicted molar refractivity (Wildman–Crippen MR) is 207 cm³/mol. The molecule has 0 saturated carbocycles. The van der Waals surface area contributed by atoms with Crippen molar-refractivity contribution in [1.29, 1.82) is 0 Å². The van der Waals surface area contributed by atoms with Crippen molar-refractivity contribution in [3.63, 3.8) is 0 Å². The summed E-state index contributed by atoms with van der Waals surface area (Å²) in [7, 11) is 0. The summed E-state index contributed by atoms with van der Waals surface area (Å²) in [5.74, 6) is 0.0802. The summed E-state index contributed by atoms with van der Waals surface area (Å²) >= 11 is 0. The van der Waals surface area contributed by atoms with E-state index in [0.29, 0.717) is 43.2 Å². The largest absolute Gasteiger partial charge is 0.490 e. The topological polar surface area (TPSA) is 121 Å². The molecular formula is C43H53F2N5O6. The van der Waals surface area contributed by atoms with E-state index in [0.717, 1.165) is 16.5 Å². The van der Waals surface area contributed by atoms with Crippen LogP contribution >= 0.6 is 0 Å². The Morgan fingerprint density at radius 1 is 1.04 bits per heavy atom. The molecule has 2 aromatic carbocycles. The highest BCUT2D eigenvalue weighted by atomic mass is 19.1. The number of furan rings is 1. The van der Waals surface area contributed by atoms with E-state index >= 15 is 0 Å². The fourth-order valence-corrected chi connectivity index (χ4v) is 8.55. The lowest BCUT2D eigenvalue weighted by molar-refractivity contribution is -0.153. The molecule has 7 rings (SSSR count). The number of para-hydroxylation sites is 1. The molecule has 11 nitrogen and oxygen atoms in total. The highest BCUT2D eigenvalue weighted by Gasteiger charge is 2.54. The zero-order valence-corrected chi connectivity index (χ0v) is 32.8. The number of rotatable bonds is 13. The lowest BCUT2D eigenvalue weighted by atomic mass is 9.89. The van der Waals surface area contributed by atoms with Crippen molar-refractivity contribution in [1.82, 2.24) is 25.0 Å². The van der Waals surface area contributed by atoms with Gasteiger partial charge in [-0.25, -0.2) is 8.78 Å². The van der Waals surface area contributed by atoms with Crippen LogP contribution in [0.5, 0.6) is 5.75 Å². The van der Waals surface area contributed by atoms with Crippen molar-refractivity contribution in [2.45, 2.75) is 88.6 Å². The van der Waals surface area contributed by atoms with E-state index in [1.807, 2.05) is 98.2 Å². The highest BCUT2D eigenvalue weighted by Crippen LogP contribution is 2.48. The van der Waals surface area contributed by atoms with Gasteiger partial charge in [-0.3, -0.25) is 24.4 Å². The molecule has 56 heavy (non-hydrogen) atoms. The highest BCUT2D eigenvalue weighted by molar-refractivity contribution is 5.83. The number of amides is 2. The maximum atomic E-state index is 14.9. The Bertz CT molecular complexity index is 1970. The molecule has 300 valence electrons. The van der Waals surface area contributed by atoms with Crippen LogP contribution in [0.3, 0.4) is 0 Å². The molecule has 0 spiro atoms. The van der Waals surface area contributed by atoms with Crippen molar-refractivity contribution in [3.05, 3.63) is 96.0 Å². The number of pyridine rings is 1. The number of nitrogens with zero attached hydrogens (tertiary/aromatic N) is 4. The molecule has 2 fully saturated rings. The zero-order chi connectivity index (χ0) is 39.8. The van der Waals surface area contributed by atoms with Gasteiger partial charge in [0.15, 0.2) is 0 Å². The van der Waals surface area contributed by atoms with Gasteiger partial charge in [-0.2, -0.15) is 0 Å². The van der Waals surface area contributed by atoms with Gasteiger partial charge in [0.25, 0.3) is 0 Å². The first kappa shape index (κ1) is 39.8. The first-order chi connectivity index (χ1) is 26.7. The number of hydrogen-bond donors (Lipinski definition) is 2. The Morgan fingerprint density at radius 2 is 1.77 bits per heavy atom. The van der Waals surface area contributed by atoms with Gasteiger partial charge in [0.2, 0.25) is 11.8 Å². The summed E-state index contributed by atoms with van der Waals surface area (Å²) in [4.78, 5) is 38.9. The minimum Gasteiger partial charge on any atom is -0.490 e. The van der Waals surface area contributed by atoms with Crippen molar-refractivity contribution >= 4 is 22.8 Å². The second kappa shape index (κ2) is 15.8. The number of β-amino-alcohol motifs (C(OH)–C–C–N with tert-alkyl or cyclic N) is 1. The number of piperazine rings is 1. The zero-order valence-electron chi connectivity index (χ0n) is 32.8. The Labute approximate surface area is 326 Å². The van der Waals surface area contributed by atoms with Gasteiger partial charge in [-0.05, 0) is 71.2 Å². The van der Waals surface area contributed by atoms with Crippen molar-refractivity contribution < 1.29 is 37.4 Å². The Morgan fingerprint density at radius 3 is 2.50 bits per heavy atom. The van der Waals surface area contributed by atoms with E-state index in [1.54, 1.807) is 18.5 Å². The molecule has 0 unspecified atom stereocenters. The van der Waals surface area contributed by atoms with Gasteiger partial charge in [0.05, 0.1) is 23.2 Å². The van der Waals surface area contributed by atoms with Crippen molar-refractivity contribution in [3.8, 4) is 5.75 Å². The number of nitrogens with one attached hydrogen (secondary N) is 1. The van der Waals surface area contributed by atoms with Crippen LogP contribution in [0.2, 0.25) is 0 Å². The Balaban J connectivity index is 1.14. The number of carbonyl (C=O) groups excluding carboxylic acids is 2. The summed E-state index contributed by atoms with van der Waals surface area (Å²) in [6, 6.07) is 19.9. The number of carbonyl (C=O) groups is 2. The molecule has 4 aromatic rings. The van der Waals surface area contributed by atoms with Gasteiger partial charge in [-0.1, -0.05) is 48.5 Å². The number of halogens is 2. The van der Waals surface area contributed by atoms with Gasteiger partial charge in [0, 0.05) is 55.4 Å². The van der Waals surface area contributed by atoms with Gasteiger partial charge >= 0.3 is 0 Å². The maximum Gasteiger partial charge on any atom is 0.239 e. The van der Waals surface area contributed by atoms with Crippen molar-refractivity contribution in [2.75, 3.05) is 46.1 Å². The van der Waals surface area contributed by atoms with Gasteiger partial charge in [0.1, 0.15) is 54.9 Å². The fraction of sp³-hybridized carbons (Fsp3) is 0.512. The van der Waals surface area contributed by atoms with E-state index in [2.05, 4.69) is 15.2 Å². The number of alkyl halides is 2. The third-order valence-corrected chi connectivity index (χ3v) is 11.7. The molecule has 2 N–H and O–H groups in total. The molecule has 3 aliphatic rings.